The predicted molar refractivity (Wildman–Crippen MR) is 100 cm³/mol. The Morgan fingerprint density at radius 3 is 2.13 bits per heavy atom. The minimum atomic E-state index is 0.0270. The average Bonchev–Trinajstić information content (AvgIpc) is 2.53. The molecule has 0 atom stereocenters. The van der Waals surface area contributed by atoms with Crippen molar-refractivity contribution in [3.05, 3.63) is 59.7 Å². The van der Waals surface area contributed by atoms with E-state index in [9.17, 15) is 4.79 Å². The molecule has 0 unspecified atom stereocenters. The summed E-state index contributed by atoms with van der Waals surface area (Å²) in [6, 6.07) is 16.5. The molecule has 0 fully saturated rings. The number of thioether (sulfide) groups is 1. The van der Waals surface area contributed by atoms with Gasteiger partial charge in [-0.3, -0.25) is 4.79 Å². The van der Waals surface area contributed by atoms with Gasteiger partial charge in [-0.15, -0.1) is 11.8 Å². The molecule has 0 heterocycles. The van der Waals surface area contributed by atoms with Gasteiger partial charge in [-0.25, -0.2) is 0 Å². The number of nitrogens with one attached hydrogen (secondary N) is 1. The Morgan fingerprint density at radius 1 is 1.00 bits per heavy atom. The normalized spacial score (nSPS) is 11.3. The molecule has 0 aliphatic carbocycles. The molecule has 122 valence electrons. The molecule has 0 saturated carbocycles. The molecular weight excluding hydrogens is 302 g/mol. The van der Waals surface area contributed by atoms with Crippen LogP contribution in [0, 0.1) is 0 Å². The van der Waals surface area contributed by atoms with Crippen LogP contribution in [0.1, 0.15) is 38.8 Å². The highest BCUT2D eigenvalue weighted by Crippen LogP contribution is 2.25. The first-order valence-corrected chi connectivity index (χ1v) is 8.99. The smallest absolute Gasteiger partial charge is 0.234 e. The molecule has 0 aliphatic rings. The second kappa shape index (κ2) is 7.69. The summed E-state index contributed by atoms with van der Waals surface area (Å²) >= 11 is 1.56. The van der Waals surface area contributed by atoms with Crippen LogP contribution in [0.2, 0.25) is 0 Å². The van der Waals surface area contributed by atoms with Gasteiger partial charge in [-0.05, 0) is 47.2 Å². The third kappa shape index (κ3) is 5.43. The minimum Gasteiger partial charge on any atom is -0.325 e. The van der Waals surface area contributed by atoms with Crippen LogP contribution in [0.15, 0.2) is 53.4 Å². The highest BCUT2D eigenvalue weighted by atomic mass is 32.2. The van der Waals surface area contributed by atoms with Crippen LogP contribution in [0.5, 0.6) is 0 Å². The summed E-state index contributed by atoms with van der Waals surface area (Å²) in [4.78, 5) is 13.2. The molecule has 2 aromatic carbocycles. The first-order valence-electron chi connectivity index (χ1n) is 8.00. The second-order valence-electron chi connectivity index (χ2n) is 6.66. The summed E-state index contributed by atoms with van der Waals surface area (Å²) in [5.41, 5.74) is 3.60. The van der Waals surface area contributed by atoms with Crippen molar-refractivity contribution in [2.45, 2.75) is 44.4 Å². The van der Waals surface area contributed by atoms with Crippen LogP contribution in [0.3, 0.4) is 0 Å². The Balaban J connectivity index is 1.86. The quantitative estimate of drug-likeness (QED) is 0.757. The van der Waals surface area contributed by atoms with Gasteiger partial charge in [-0.2, -0.15) is 0 Å². The number of amides is 1. The molecule has 0 saturated heterocycles. The van der Waals surface area contributed by atoms with E-state index in [0.717, 1.165) is 17.0 Å². The Kier molecular flexibility index (Phi) is 5.89. The van der Waals surface area contributed by atoms with Gasteiger partial charge in [0.1, 0.15) is 0 Å². The van der Waals surface area contributed by atoms with Crippen molar-refractivity contribution in [1.29, 1.82) is 0 Å². The van der Waals surface area contributed by atoms with Gasteiger partial charge in [-0.1, -0.05) is 52.0 Å². The van der Waals surface area contributed by atoms with Gasteiger partial charge in [0.2, 0.25) is 5.91 Å². The number of hydrogen-bond acceptors (Lipinski definition) is 2. The van der Waals surface area contributed by atoms with Gasteiger partial charge >= 0.3 is 0 Å². The maximum Gasteiger partial charge on any atom is 0.234 e. The van der Waals surface area contributed by atoms with Crippen LogP contribution in [-0.2, 0) is 16.6 Å². The van der Waals surface area contributed by atoms with Crippen molar-refractivity contribution < 1.29 is 4.79 Å². The Morgan fingerprint density at radius 2 is 1.61 bits per heavy atom. The fourth-order valence-electron chi connectivity index (χ4n) is 2.22. The Bertz CT molecular complexity index is 639. The fourth-order valence-corrected chi connectivity index (χ4v) is 2.92. The molecule has 2 nitrogen and oxygen atoms in total. The topological polar surface area (TPSA) is 29.1 Å². The van der Waals surface area contributed by atoms with Gasteiger partial charge in [0.05, 0.1) is 5.75 Å². The lowest BCUT2D eigenvalue weighted by Gasteiger charge is -2.19. The zero-order valence-electron chi connectivity index (χ0n) is 14.3. The molecule has 0 bridgehead atoms. The largest absolute Gasteiger partial charge is 0.325 e. The Labute approximate surface area is 143 Å². The maximum atomic E-state index is 12.0. The monoisotopic (exact) mass is 327 g/mol. The third-order valence-electron chi connectivity index (χ3n) is 3.74. The van der Waals surface area contributed by atoms with Gasteiger partial charge in [0.15, 0.2) is 0 Å². The van der Waals surface area contributed by atoms with E-state index in [2.05, 4.69) is 57.3 Å². The highest BCUT2D eigenvalue weighted by molar-refractivity contribution is 8.00. The number of anilines is 1. The molecule has 0 aromatic heterocycles. The van der Waals surface area contributed by atoms with E-state index in [1.807, 2.05) is 24.3 Å². The summed E-state index contributed by atoms with van der Waals surface area (Å²) < 4.78 is 0. The molecule has 23 heavy (non-hydrogen) atoms. The van der Waals surface area contributed by atoms with E-state index in [1.54, 1.807) is 11.8 Å². The van der Waals surface area contributed by atoms with E-state index in [1.165, 1.54) is 11.1 Å². The van der Waals surface area contributed by atoms with Crippen molar-refractivity contribution in [3.63, 3.8) is 0 Å². The van der Waals surface area contributed by atoms with Crippen LogP contribution in [-0.4, -0.2) is 11.7 Å². The predicted octanol–water partition coefficient (Wildman–Crippen LogP) is 5.28. The lowest BCUT2D eigenvalue weighted by atomic mass is 9.87. The minimum absolute atomic E-state index is 0.0270. The fraction of sp³-hybridized carbons (Fsp3) is 0.350. The van der Waals surface area contributed by atoms with Crippen LogP contribution in [0.4, 0.5) is 5.69 Å². The van der Waals surface area contributed by atoms with Crippen molar-refractivity contribution >= 4 is 23.4 Å². The molecule has 2 rings (SSSR count). The van der Waals surface area contributed by atoms with Gasteiger partial charge in [0.25, 0.3) is 0 Å². The number of carbonyl (C=O) groups is 1. The lowest BCUT2D eigenvalue weighted by Crippen LogP contribution is -2.14. The third-order valence-corrected chi connectivity index (χ3v) is 4.75. The Hall–Kier alpha value is -1.74. The number of aryl methyl sites for hydroxylation is 1. The van der Waals surface area contributed by atoms with Crippen molar-refractivity contribution in [1.82, 2.24) is 0 Å². The number of hydrogen-bond donors (Lipinski definition) is 1. The van der Waals surface area contributed by atoms with E-state index in [0.29, 0.717) is 5.75 Å². The van der Waals surface area contributed by atoms with Gasteiger partial charge < -0.3 is 5.32 Å². The summed E-state index contributed by atoms with van der Waals surface area (Å²) in [5.74, 6) is 0.448. The second-order valence-corrected chi connectivity index (χ2v) is 7.71. The molecule has 3 heteroatoms. The van der Waals surface area contributed by atoms with Gasteiger partial charge in [0, 0.05) is 10.6 Å². The standard InChI is InChI=1S/C20H25NOS/c1-5-15-6-10-17(11-7-15)21-19(22)14-23-18-12-8-16(9-13-18)20(2,3)4/h6-13H,5,14H2,1-4H3,(H,21,22). The summed E-state index contributed by atoms with van der Waals surface area (Å²) in [6.45, 7) is 8.72. The van der Waals surface area contributed by atoms with E-state index in [-0.39, 0.29) is 11.3 Å². The first-order chi connectivity index (χ1) is 10.9. The zero-order valence-corrected chi connectivity index (χ0v) is 15.2. The molecule has 1 N–H and O–H groups in total. The maximum absolute atomic E-state index is 12.0. The molecule has 0 radical (unpaired) electrons. The van der Waals surface area contributed by atoms with Crippen LogP contribution >= 0.6 is 11.8 Å². The summed E-state index contributed by atoms with van der Waals surface area (Å²) in [5, 5.41) is 2.94. The zero-order chi connectivity index (χ0) is 16.9. The molecule has 0 spiro atoms. The number of rotatable bonds is 5. The van der Waals surface area contributed by atoms with Crippen LogP contribution in [0.25, 0.3) is 0 Å². The van der Waals surface area contributed by atoms with Crippen molar-refractivity contribution in [2.75, 3.05) is 11.1 Å². The van der Waals surface area contributed by atoms with E-state index in [4.69, 9.17) is 0 Å². The van der Waals surface area contributed by atoms with Crippen LogP contribution < -0.4 is 5.32 Å². The van der Waals surface area contributed by atoms with Crippen molar-refractivity contribution in [2.24, 2.45) is 0 Å². The van der Waals surface area contributed by atoms with E-state index < -0.39 is 0 Å². The number of benzene rings is 2. The number of carbonyl (C=O) groups excluding carboxylic acids is 1. The lowest BCUT2D eigenvalue weighted by molar-refractivity contribution is -0.113. The average molecular weight is 327 g/mol. The summed E-state index contributed by atoms with van der Waals surface area (Å²) in [7, 11) is 0. The molecule has 1 amide bonds. The SMILES string of the molecule is CCc1ccc(NC(=O)CSc2ccc(C(C)(C)C)cc2)cc1. The first kappa shape index (κ1) is 17.6. The van der Waals surface area contributed by atoms with E-state index >= 15 is 0 Å². The molecule has 0 aliphatic heterocycles. The molecule has 2 aromatic rings. The van der Waals surface area contributed by atoms with Crippen molar-refractivity contribution in [3.8, 4) is 0 Å². The molecular formula is C20H25NOS. The summed E-state index contributed by atoms with van der Waals surface area (Å²) in [6.07, 6.45) is 1.01. The highest BCUT2D eigenvalue weighted by Gasteiger charge is 2.13.